The Labute approximate surface area is 183 Å². The summed E-state index contributed by atoms with van der Waals surface area (Å²) in [5, 5.41) is 0. The second-order valence-electron chi connectivity index (χ2n) is 5.31. The quantitative estimate of drug-likeness (QED) is 0.361. The molecule has 0 bridgehead atoms. The minimum absolute atomic E-state index is 0. The molecule has 3 rings (SSSR count). The molecular weight excluding hydrogens is 538 g/mol. The second-order valence-corrected chi connectivity index (χ2v) is 5.31. The minimum atomic E-state index is 0. The predicted molar refractivity (Wildman–Crippen MR) is 108 cm³/mol. The molecule has 3 nitrogen and oxygen atoms in total. The van der Waals surface area contributed by atoms with Crippen molar-refractivity contribution in [3.8, 4) is 82.6 Å². The Kier molecular flexibility index (Phi) is 8.14. The molecule has 0 fully saturated rings. The molecule has 2 aromatic carbocycles. The maximum absolute atomic E-state index is 5.42. The molecule has 0 aliphatic heterocycles. The maximum Gasteiger partial charge on any atom is 0.184 e. The Morgan fingerprint density at radius 1 is 0.828 bits per heavy atom. The Balaban J connectivity index is 0.00000300. The van der Waals surface area contributed by atoms with Gasteiger partial charge in [0.15, 0.2) is 11.5 Å². The molecule has 0 saturated heterocycles. The van der Waals surface area contributed by atoms with Gasteiger partial charge < -0.3 is 14.5 Å². The summed E-state index contributed by atoms with van der Waals surface area (Å²) in [4.78, 5) is 4.36. The van der Waals surface area contributed by atoms with Crippen LogP contribution in [0.2, 0.25) is 0 Å². The number of rotatable bonds is 4. The predicted octanol–water partition coefficient (Wildman–Crippen LogP) is 4.16. The molecule has 0 atom stereocenters. The van der Waals surface area contributed by atoms with Gasteiger partial charge in [-0.05, 0) is 41.3 Å². The summed E-state index contributed by atoms with van der Waals surface area (Å²) in [6, 6.07) is 20.1. The monoisotopic (exact) mass is 551 g/mol. The Morgan fingerprint density at radius 2 is 1.55 bits per heavy atom. The first-order valence-corrected chi connectivity index (χ1v) is 8.14. The van der Waals surface area contributed by atoms with E-state index in [1.54, 1.807) is 18.3 Å². The average Bonchev–Trinajstić information content (AvgIpc) is 2.75. The van der Waals surface area contributed by atoms with Gasteiger partial charge in [-0.1, -0.05) is 18.2 Å². The SMILES string of the molecule is C#CC#COc1ccc(-c2cc[c-]c(-c3ccccn3)c2)cc1OC#CC#C.[Ir]. The van der Waals surface area contributed by atoms with Gasteiger partial charge in [-0.15, -0.1) is 48.2 Å². The summed E-state index contributed by atoms with van der Waals surface area (Å²) < 4.78 is 10.7. The summed E-state index contributed by atoms with van der Waals surface area (Å²) in [7, 11) is 0. The van der Waals surface area contributed by atoms with Gasteiger partial charge >= 0.3 is 0 Å². The first-order valence-electron chi connectivity index (χ1n) is 8.14. The number of hydrogen-bond acceptors (Lipinski definition) is 3. The number of benzene rings is 2. The summed E-state index contributed by atoms with van der Waals surface area (Å²) in [5.41, 5.74) is 3.56. The van der Waals surface area contributed by atoms with Gasteiger partial charge in [-0.25, -0.2) is 0 Å². The van der Waals surface area contributed by atoms with E-state index in [-0.39, 0.29) is 20.1 Å². The van der Waals surface area contributed by atoms with Gasteiger partial charge in [0.25, 0.3) is 0 Å². The van der Waals surface area contributed by atoms with Crippen LogP contribution in [0.3, 0.4) is 0 Å². The van der Waals surface area contributed by atoms with Crippen molar-refractivity contribution in [2.24, 2.45) is 0 Å². The van der Waals surface area contributed by atoms with Crippen LogP contribution in [0.25, 0.3) is 22.4 Å². The minimum Gasteiger partial charge on any atom is -0.403 e. The van der Waals surface area contributed by atoms with E-state index in [1.165, 1.54) is 0 Å². The van der Waals surface area contributed by atoms with Crippen molar-refractivity contribution in [1.29, 1.82) is 0 Å². The van der Waals surface area contributed by atoms with Crippen molar-refractivity contribution >= 4 is 0 Å². The van der Waals surface area contributed by atoms with Crippen LogP contribution in [0.1, 0.15) is 0 Å². The van der Waals surface area contributed by atoms with E-state index in [9.17, 15) is 0 Å². The molecule has 4 heteroatoms. The van der Waals surface area contributed by atoms with E-state index in [2.05, 4.69) is 46.9 Å². The fraction of sp³-hybridized carbons (Fsp3) is 0. The van der Waals surface area contributed by atoms with Crippen LogP contribution < -0.4 is 9.47 Å². The third-order valence-electron chi connectivity index (χ3n) is 3.59. The van der Waals surface area contributed by atoms with Gasteiger partial charge in [-0.3, -0.25) is 0 Å². The molecule has 0 aliphatic carbocycles. The number of ether oxygens (including phenoxy) is 2. The van der Waals surface area contributed by atoms with Gasteiger partial charge in [0, 0.05) is 38.1 Å². The zero-order chi connectivity index (χ0) is 19.6. The molecule has 1 heterocycles. The smallest absolute Gasteiger partial charge is 0.184 e. The van der Waals surface area contributed by atoms with Gasteiger partial charge in [-0.2, -0.15) is 0 Å². The van der Waals surface area contributed by atoms with E-state index >= 15 is 0 Å². The molecule has 3 aromatic rings. The normalized spacial score (nSPS) is 8.48. The largest absolute Gasteiger partial charge is 0.403 e. The van der Waals surface area contributed by atoms with E-state index in [1.807, 2.05) is 42.5 Å². The molecule has 1 aromatic heterocycles. The van der Waals surface area contributed by atoms with Crippen molar-refractivity contribution in [2.75, 3.05) is 0 Å². The maximum atomic E-state index is 5.42. The van der Waals surface area contributed by atoms with Gasteiger partial charge in [0.2, 0.25) is 0 Å². The zero-order valence-electron chi connectivity index (χ0n) is 15.0. The fourth-order valence-corrected chi connectivity index (χ4v) is 2.39. The Morgan fingerprint density at radius 3 is 2.24 bits per heavy atom. The third kappa shape index (κ3) is 5.78. The Bertz CT molecular complexity index is 1200. The molecule has 0 saturated carbocycles. The van der Waals surface area contributed by atoms with Crippen molar-refractivity contribution in [3.63, 3.8) is 0 Å². The van der Waals surface area contributed by atoms with Crippen LogP contribution in [-0.2, 0) is 20.1 Å². The van der Waals surface area contributed by atoms with Crippen molar-refractivity contribution in [3.05, 3.63) is 66.9 Å². The molecule has 0 unspecified atom stereocenters. The van der Waals surface area contributed by atoms with Crippen LogP contribution in [0.5, 0.6) is 11.5 Å². The van der Waals surface area contributed by atoms with Crippen LogP contribution in [0, 0.1) is 54.8 Å². The van der Waals surface area contributed by atoms with E-state index < -0.39 is 0 Å². The first-order chi connectivity index (χ1) is 13.8. The molecule has 1 radical (unpaired) electrons. The first kappa shape index (κ1) is 21.4. The van der Waals surface area contributed by atoms with E-state index in [0.29, 0.717) is 11.5 Å². The molecule has 0 spiro atoms. The van der Waals surface area contributed by atoms with Crippen LogP contribution >= 0.6 is 0 Å². The van der Waals surface area contributed by atoms with Gasteiger partial charge in [0.05, 0.1) is 0 Å². The molecule has 0 N–H and O–H groups in total. The molecule has 139 valence electrons. The van der Waals surface area contributed by atoms with Crippen LogP contribution in [0.15, 0.2) is 60.8 Å². The summed E-state index contributed by atoms with van der Waals surface area (Å²) in [6.07, 6.45) is 16.8. The molecule has 29 heavy (non-hydrogen) atoms. The second kappa shape index (κ2) is 11.0. The topological polar surface area (TPSA) is 31.4 Å². The van der Waals surface area contributed by atoms with Crippen molar-refractivity contribution in [2.45, 2.75) is 0 Å². The summed E-state index contributed by atoms with van der Waals surface area (Å²) in [5.74, 6) is 9.90. The fourth-order valence-electron chi connectivity index (χ4n) is 2.39. The Hall–Kier alpha value is -3.92. The number of terminal acetylenes is 2. The zero-order valence-corrected chi connectivity index (χ0v) is 17.4. The molecular formula is C25H12IrNO2-. The van der Waals surface area contributed by atoms with Crippen molar-refractivity contribution in [1.82, 2.24) is 4.98 Å². The van der Waals surface area contributed by atoms with Crippen LogP contribution in [-0.4, -0.2) is 4.98 Å². The standard InChI is InChI=1S/C25H12NO2.Ir/c1-3-5-16-27-24-14-13-21(19-25(24)28-17-6-4-2)20-10-9-11-22(18-20)23-12-7-8-15-26-23;/h1-2,7-10,12-15,18-19H;/q-1;. The molecule has 0 amide bonds. The number of pyridine rings is 1. The van der Waals surface area contributed by atoms with Gasteiger partial charge in [0.1, 0.15) is 12.2 Å². The van der Waals surface area contributed by atoms with E-state index in [0.717, 1.165) is 22.4 Å². The average molecular weight is 551 g/mol. The number of hydrogen-bond donors (Lipinski definition) is 0. The van der Waals surface area contributed by atoms with E-state index in [4.69, 9.17) is 22.3 Å². The number of aromatic nitrogens is 1. The third-order valence-corrected chi connectivity index (χ3v) is 3.59. The summed E-state index contributed by atoms with van der Waals surface area (Å²) >= 11 is 0. The molecule has 0 aliphatic rings. The number of nitrogens with zero attached hydrogens (tertiary/aromatic N) is 1. The summed E-state index contributed by atoms with van der Waals surface area (Å²) in [6.45, 7) is 0. The van der Waals surface area contributed by atoms with Crippen molar-refractivity contribution < 1.29 is 29.6 Å². The van der Waals surface area contributed by atoms with Crippen LogP contribution in [0.4, 0.5) is 0 Å².